The maximum atomic E-state index is 5.49. The molecule has 0 aliphatic carbocycles. The molecular weight excluding hydrogens is 322 g/mol. The largest absolute Gasteiger partial charge is 0.379 e. The highest BCUT2D eigenvalue weighted by molar-refractivity contribution is 7.80. The minimum absolute atomic E-state index is 0.481. The minimum Gasteiger partial charge on any atom is -0.379 e. The molecule has 0 heterocycles. The van der Waals surface area contributed by atoms with Gasteiger partial charge in [-0.15, -0.1) is 0 Å². The quantitative estimate of drug-likeness (QED) is 0.416. The Morgan fingerprint density at radius 2 is 1.68 bits per heavy atom. The van der Waals surface area contributed by atoms with Crippen LogP contribution in [-0.2, 0) is 0 Å². The fraction of sp³-hybridized carbons (Fsp3) is 0.348. The summed E-state index contributed by atoms with van der Waals surface area (Å²) in [6, 6.07) is 21.4. The Kier molecular flexibility index (Phi) is 8.41. The molecule has 1 N–H and O–H groups in total. The van der Waals surface area contributed by atoms with Crippen molar-refractivity contribution in [1.82, 2.24) is 5.32 Å². The lowest BCUT2D eigenvalue weighted by atomic mass is 9.90. The van der Waals surface area contributed by atoms with Crippen LogP contribution in [0.2, 0.25) is 0 Å². The lowest BCUT2D eigenvalue weighted by Crippen LogP contribution is -2.21. The van der Waals surface area contributed by atoms with Gasteiger partial charge in [0, 0.05) is 13.0 Å². The van der Waals surface area contributed by atoms with Gasteiger partial charge in [-0.1, -0.05) is 99.2 Å². The number of hydrogen-bond donors (Lipinski definition) is 1. The first-order valence-electron chi connectivity index (χ1n) is 9.26. The average molecular weight is 352 g/mol. The topological polar surface area (TPSA) is 12.0 Å². The predicted octanol–water partition coefficient (Wildman–Crippen LogP) is 6.37. The van der Waals surface area contributed by atoms with Crippen LogP contribution in [0, 0.1) is 0 Å². The molecule has 0 saturated carbocycles. The molecule has 2 aromatic carbocycles. The highest BCUT2D eigenvalue weighted by Gasteiger charge is 2.10. The molecule has 2 heteroatoms. The van der Waals surface area contributed by atoms with Crippen LogP contribution in [-0.4, -0.2) is 11.5 Å². The molecule has 0 radical (unpaired) electrons. The maximum absolute atomic E-state index is 5.49. The SMILES string of the molecule is CCCCNC(=S)C/C=C(\C[C@H](C)c1ccccc1)c1ccccc1. The molecule has 25 heavy (non-hydrogen) atoms. The number of benzene rings is 2. The molecule has 0 spiro atoms. The van der Waals surface area contributed by atoms with Crippen molar-refractivity contribution in [3.63, 3.8) is 0 Å². The van der Waals surface area contributed by atoms with E-state index in [2.05, 4.69) is 85.9 Å². The van der Waals surface area contributed by atoms with E-state index < -0.39 is 0 Å². The average Bonchev–Trinajstić information content (AvgIpc) is 2.66. The summed E-state index contributed by atoms with van der Waals surface area (Å²) in [6.45, 7) is 5.47. The zero-order valence-corrected chi connectivity index (χ0v) is 16.2. The van der Waals surface area contributed by atoms with Gasteiger partial charge in [-0.2, -0.15) is 0 Å². The number of thiocarbonyl (C=S) groups is 1. The fourth-order valence-electron chi connectivity index (χ4n) is 2.89. The maximum Gasteiger partial charge on any atom is 0.0791 e. The molecule has 0 aromatic heterocycles. The summed E-state index contributed by atoms with van der Waals surface area (Å²) >= 11 is 5.49. The highest BCUT2D eigenvalue weighted by atomic mass is 32.1. The van der Waals surface area contributed by atoms with Crippen LogP contribution < -0.4 is 5.32 Å². The summed E-state index contributed by atoms with van der Waals surface area (Å²) in [4.78, 5) is 0.939. The van der Waals surface area contributed by atoms with Gasteiger partial charge in [-0.05, 0) is 35.5 Å². The van der Waals surface area contributed by atoms with Gasteiger partial charge < -0.3 is 5.32 Å². The zero-order valence-electron chi connectivity index (χ0n) is 15.4. The normalized spacial score (nSPS) is 12.6. The molecule has 132 valence electrons. The molecule has 1 atom stereocenters. The lowest BCUT2D eigenvalue weighted by Gasteiger charge is -2.16. The second-order valence-corrected chi connectivity index (χ2v) is 7.01. The first kappa shape index (κ1) is 19.4. The minimum atomic E-state index is 0.481. The Balaban J connectivity index is 2.08. The van der Waals surface area contributed by atoms with Gasteiger partial charge in [0.1, 0.15) is 0 Å². The van der Waals surface area contributed by atoms with E-state index in [-0.39, 0.29) is 0 Å². The molecule has 2 aromatic rings. The summed E-state index contributed by atoms with van der Waals surface area (Å²) in [5.41, 5.74) is 4.05. The Morgan fingerprint density at radius 1 is 1.04 bits per heavy atom. The van der Waals surface area contributed by atoms with E-state index in [1.54, 1.807) is 0 Å². The van der Waals surface area contributed by atoms with E-state index >= 15 is 0 Å². The predicted molar refractivity (Wildman–Crippen MR) is 114 cm³/mol. The van der Waals surface area contributed by atoms with Crippen LogP contribution in [0.25, 0.3) is 5.57 Å². The van der Waals surface area contributed by atoms with Crippen molar-refractivity contribution < 1.29 is 0 Å². The number of unbranched alkanes of at least 4 members (excludes halogenated alkanes) is 1. The van der Waals surface area contributed by atoms with E-state index in [1.165, 1.54) is 29.5 Å². The second kappa shape index (κ2) is 10.8. The van der Waals surface area contributed by atoms with Crippen molar-refractivity contribution in [3.05, 3.63) is 77.9 Å². The van der Waals surface area contributed by atoms with Crippen LogP contribution in [0.4, 0.5) is 0 Å². The molecule has 0 amide bonds. The molecule has 0 aliphatic heterocycles. The summed E-state index contributed by atoms with van der Waals surface area (Å²) in [5, 5.41) is 3.36. The molecule has 0 aliphatic rings. The van der Waals surface area contributed by atoms with Gasteiger partial charge in [0.25, 0.3) is 0 Å². The van der Waals surface area contributed by atoms with Gasteiger partial charge in [0.2, 0.25) is 0 Å². The van der Waals surface area contributed by atoms with E-state index in [9.17, 15) is 0 Å². The number of hydrogen-bond acceptors (Lipinski definition) is 1. The van der Waals surface area contributed by atoms with E-state index in [4.69, 9.17) is 12.2 Å². The summed E-state index contributed by atoms with van der Waals surface area (Å²) in [5.74, 6) is 0.481. The Hall–Kier alpha value is -1.93. The van der Waals surface area contributed by atoms with Crippen LogP contribution in [0.15, 0.2) is 66.7 Å². The fourth-order valence-corrected chi connectivity index (χ4v) is 3.08. The standard InChI is InChI=1S/C23H29NS/c1-3-4-17-24-23(25)16-15-22(21-13-9-6-10-14-21)18-19(2)20-11-7-5-8-12-20/h5-15,19H,3-4,16-18H2,1-2H3,(H,24,25)/b22-15+/t19-/m0/s1. The third-order valence-corrected chi connectivity index (χ3v) is 4.74. The molecule has 0 unspecified atom stereocenters. The monoisotopic (exact) mass is 351 g/mol. The van der Waals surface area contributed by atoms with Crippen molar-refractivity contribution in [2.45, 2.75) is 45.4 Å². The van der Waals surface area contributed by atoms with Crippen molar-refractivity contribution in [2.24, 2.45) is 0 Å². The molecule has 0 bridgehead atoms. The molecule has 2 rings (SSSR count). The Morgan fingerprint density at radius 3 is 2.32 bits per heavy atom. The van der Waals surface area contributed by atoms with Crippen molar-refractivity contribution in [3.8, 4) is 0 Å². The lowest BCUT2D eigenvalue weighted by molar-refractivity contribution is 0.755. The van der Waals surface area contributed by atoms with E-state index in [0.29, 0.717) is 5.92 Å². The second-order valence-electron chi connectivity index (χ2n) is 6.52. The molecular formula is C23H29NS. The first-order chi connectivity index (χ1) is 12.2. The summed E-state index contributed by atoms with van der Waals surface area (Å²) in [6.07, 6.45) is 6.49. The highest BCUT2D eigenvalue weighted by Crippen LogP contribution is 2.29. The van der Waals surface area contributed by atoms with Crippen LogP contribution >= 0.6 is 12.2 Å². The summed E-state index contributed by atoms with van der Waals surface area (Å²) in [7, 11) is 0. The third-order valence-electron chi connectivity index (χ3n) is 4.43. The van der Waals surface area contributed by atoms with Gasteiger partial charge in [0.05, 0.1) is 4.99 Å². The van der Waals surface area contributed by atoms with Crippen LogP contribution in [0.5, 0.6) is 0 Å². The summed E-state index contributed by atoms with van der Waals surface area (Å²) < 4.78 is 0. The smallest absolute Gasteiger partial charge is 0.0791 e. The Labute approximate surface area is 158 Å². The number of allylic oxidation sites excluding steroid dienone is 1. The van der Waals surface area contributed by atoms with Crippen molar-refractivity contribution in [1.29, 1.82) is 0 Å². The molecule has 0 saturated heterocycles. The van der Waals surface area contributed by atoms with Crippen LogP contribution in [0.1, 0.15) is 56.6 Å². The molecule has 1 nitrogen and oxygen atoms in total. The first-order valence-corrected chi connectivity index (χ1v) is 9.67. The van der Waals surface area contributed by atoms with Crippen molar-refractivity contribution in [2.75, 3.05) is 6.54 Å². The molecule has 0 fully saturated rings. The van der Waals surface area contributed by atoms with Gasteiger partial charge in [0.15, 0.2) is 0 Å². The number of rotatable bonds is 9. The third kappa shape index (κ3) is 6.83. The van der Waals surface area contributed by atoms with Crippen molar-refractivity contribution >= 4 is 22.8 Å². The van der Waals surface area contributed by atoms with E-state index in [1.807, 2.05) is 0 Å². The van der Waals surface area contributed by atoms with Gasteiger partial charge in [-0.25, -0.2) is 0 Å². The zero-order chi connectivity index (χ0) is 17.9. The Bertz CT molecular complexity index is 661. The van der Waals surface area contributed by atoms with E-state index in [0.717, 1.165) is 24.4 Å². The van der Waals surface area contributed by atoms with Crippen LogP contribution in [0.3, 0.4) is 0 Å². The van der Waals surface area contributed by atoms with Gasteiger partial charge >= 0.3 is 0 Å². The number of nitrogens with one attached hydrogen (secondary N) is 1. The van der Waals surface area contributed by atoms with Gasteiger partial charge in [-0.3, -0.25) is 0 Å².